The van der Waals surface area contributed by atoms with E-state index in [1.54, 1.807) is 24.4 Å². The minimum absolute atomic E-state index is 0.0443. The molecule has 0 unspecified atom stereocenters. The lowest BCUT2D eigenvalue weighted by Gasteiger charge is -2.20. The first-order valence-corrected chi connectivity index (χ1v) is 8.36. The molecule has 0 aliphatic rings. The van der Waals surface area contributed by atoms with Gasteiger partial charge in [0, 0.05) is 18.1 Å². The number of nitrogens with zero attached hydrogens (tertiary/aromatic N) is 2. The van der Waals surface area contributed by atoms with E-state index in [4.69, 9.17) is 0 Å². The average Bonchev–Trinajstić information content (AvgIpc) is 2.69. The van der Waals surface area contributed by atoms with Crippen LogP contribution in [0.15, 0.2) is 60.9 Å². The maximum absolute atomic E-state index is 14.3. The SMILES string of the molecule is O=C(Cc1ccccn1)N[C@@H](c1ccc(OCF)c(F)c1)c1ncccc1F. The molecule has 3 aromatic rings. The van der Waals surface area contributed by atoms with Gasteiger partial charge in [-0.2, -0.15) is 0 Å². The number of alkyl halides is 1. The van der Waals surface area contributed by atoms with Gasteiger partial charge >= 0.3 is 0 Å². The van der Waals surface area contributed by atoms with Crippen LogP contribution in [0.4, 0.5) is 13.2 Å². The Kier molecular flexibility index (Phi) is 6.21. The third kappa shape index (κ3) is 4.64. The zero-order valence-electron chi connectivity index (χ0n) is 14.6. The molecule has 1 aromatic carbocycles. The van der Waals surface area contributed by atoms with E-state index in [1.807, 2.05) is 0 Å². The first-order valence-electron chi connectivity index (χ1n) is 8.36. The Morgan fingerprint density at radius 2 is 1.86 bits per heavy atom. The van der Waals surface area contributed by atoms with E-state index >= 15 is 0 Å². The molecule has 3 rings (SSSR count). The lowest BCUT2D eigenvalue weighted by atomic mass is 10.0. The molecule has 1 atom stereocenters. The van der Waals surface area contributed by atoms with Crippen molar-refractivity contribution in [2.75, 3.05) is 6.86 Å². The smallest absolute Gasteiger partial charge is 0.228 e. The number of carbonyl (C=O) groups excluding carboxylic acids is 1. The van der Waals surface area contributed by atoms with Gasteiger partial charge in [0.05, 0.1) is 12.5 Å². The standard InChI is InChI=1S/C20H16F3N3O2/c21-12-28-17-7-6-13(10-16(17)23)19(20-15(22)5-3-9-25-20)26-18(27)11-14-4-1-2-8-24-14/h1-10,19H,11-12H2,(H,26,27)/t19-/m0/s1. The average molecular weight is 387 g/mol. The fourth-order valence-corrected chi connectivity index (χ4v) is 2.67. The highest BCUT2D eigenvalue weighted by Gasteiger charge is 2.23. The lowest BCUT2D eigenvalue weighted by Crippen LogP contribution is -2.32. The van der Waals surface area contributed by atoms with Crippen molar-refractivity contribution in [2.45, 2.75) is 12.5 Å². The summed E-state index contributed by atoms with van der Waals surface area (Å²) in [5.41, 5.74) is 0.684. The van der Waals surface area contributed by atoms with Crippen molar-refractivity contribution < 1.29 is 22.7 Å². The number of amides is 1. The van der Waals surface area contributed by atoms with Gasteiger partial charge in [-0.1, -0.05) is 12.1 Å². The van der Waals surface area contributed by atoms with Gasteiger partial charge in [0.25, 0.3) is 0 Å². The molecule has 1 amide bonds. The van der Waals surface area contributed by atoms with Gasteiger partial charge < -0.3 is 10.1 Å². The predicted molar refractivity (Wildman–Crippen MR) is 95.1 cm³/mol. The fraction of sp³-hybridized carbons (Fsp3) is 0.150. The van der Waals surface area contributed by atoms with Crippen LogP contribution in [0.2, 0.25) is 0 Å². The van der Waals surface area contributed by atoms with Crippen molar-refractivity contribution in [1.29, 1.82) is 0 Å². The highest BCUT2D eigenvalue weighted by Crippen LogP contribution is 2.27. The highest BCUT2D eigenvalue weighted by atomic mass is 19.1. The number of nitrogens with one attached hydrogen (secondary N) is 1. The minimum Gasteiger partial charge on any atom is -0.460 e. The molecule has 8 heteroatoms. The second-order valence-electron chi connectivity index (χ2n) is 5.81. The highest BCUT2D eigenvalue weighted by molar-refractivity contribution is 5.79. The van der Waals surface area contributed by atoms with Crippen molar-refractivity contribution >= 4 is 5.91 Å². The molecule has 0 saturated heterocycles. The molecule has 28 heavy (non-hydrogen) atoms. The van der Waals surface area contributed by atoms with E-state index < -0.39 is 30.4 Å². The number of pyridine rings is 2. The van der Waals surface area contributed by atoms with Crippen LogP contribution >= 0.6 is 0 Å². The maximum atomic E-state index is 14.3. The largest absolute Gasteiger partial charge is 0.460 e. The van der Waals surface area contributed by atoms with Gasteiger partial charge in [0.2, 0.25) is 12.8 Å². The van der Waals surface area contributed by atoms with Gasteiger partial charge in [-0.15, -0.1) is 0 Å². The number of carbonyl (C=O) groups is 1. The molecule has 0 fully saturated rings. The molecule has 0 aliphatic carbocycles. The van der Waals surface area contributed by atoms with Crippen molar-refractivity contribution in [1.82, 2.24) is 15.3 Å². The van der Waals surface area contributed by atoms with Crippen LogP contribution in [-0.4, -0.2) is 22.7 Å². The zero-order valence-corrected chi connectivity index (χ0v) is 14.6. The third-order valence-corrected chi connectivity index (χ3v) is 3.93. The summed E-state index contributed by atoms with van der Waals surface area (Å²) < 4.78 is 45.3. The Morgan fingerprint density at radius 1 is 1.04 bits per heavy atom. The molecule has 0 spiro atoms. The molecule has 0 bridgehead atoms. The van der Waals surface area contributed by atoms with Gasteiger partial charge in [-0.3, -0.25) is 14.8 Å². The summed E-state index contributed by atoms with van der Waals surface area (Å²) >= 11 is 0. The second kappa shape index (κ2) is 8.98. The van der Waals surface area contributed by atoms with Crippen LogP contribution in [0, 0.1) is 11.6 Å². The summed E-state index contributed by atoms with van der Waals surface area (Å²) in [7, 11) is 0. The molecule has 2 heterocycles. The summed E-state index contributed by atoms with van der Waals surface area (Å²) in [5.74, 6) is -2.23. The van der Waals surface area contributed by atoms with E-state index in [-0.39, 0.29) is 23.4 Å². The molecular weight excluding hydrogens is 371 g/mol. The topological polar surface area (TPSA) is 64.1 Å². The van der Waals surface area contributed by atoms with Gasteiger partial charge in [-0.25, -0.2) is 13.2 Å². The summed E-state index contributed by atoms with van der Waals surface area (Å²) in [6.07, 6.45) is 2.88. The first kappa shape index (κ1) is 19.3. The van der Waals surface area contributed by atoms with Crippen LogP contribution < -0.4 is 10.1 Å². The Hall–Kier alpha value is -3.42. The van der Waals surface area contributed by atoms with Crippen LogP contribution in [0.1, 0.15) is 23.0 Å². The van der Waals surface area contributed by atoms with Crippen LogP contribution in [0.5, 0.6) is 5.75 Å². The van der Waals surface area contributed by atoms with Crippen LogP contribution in [0.3, 0.4) is 0 Å². The van der Waals surface area contributed by atoms with E-state index in [2.05, 4.69) is 20.0 Å². The quantitative estimate of drug-likeness (QED) is 0.674. The number of halogens is 3. The third-order valence-electron chi connectivity index (χ3n) is 3.93. The summed E-state index contributed by atoms with van der Waals surface area (Å²) in [6, 6.07) is 10.4. The summed E-state index contributed by atoms with van der Waals surface area (Å²) in [4.78, 5) is 20.5. The summed E-state index contributed by atoms with van der Waals surface area (Å²) in [6.45, 7) is -1.19. The molecular formula is C20H16F3N3O2. The Bertz CT molecular complexity index is 954. The zero-order chi connectivity index (χ0) is 19.9. The Balaban J connectivity index is 1.91. The van der Waals surface area contributed by atoms with Gasteiger partial charge in [0.1, 0.15) is 11.5 Å². The van der Waals surface area contributed by atoms with E-state index in [0.717, 1.165) is 6.07 Å². The van der Waals surface area contributed by atoms with E-state index in [0.29, 0.717) is 5.69 Å². The molecule has 144 valence electrons. The maximum Gasteiger partial charge on any atom is 0.228 e. The molecule has 1 N–H and O–H groups in total. The van der Waals surface area contributed by atoms with E-state index in [9.17, 15) is 18.0 Å². The number of benzene rings is 1. The normalized spacial score (nSPS) is 11.7. The molecule has 0 radical (unpaired) electrons. The van der Waals surface area contributed by atoms with Gasteiger partial charge in [0.15, 0.2) is 11.6 Å². The van der Waals surface area contributed by atoms with Crippen molar-refractivity contribution in [3.63, 3.8) is 0 Å². The Labute approximate surface area is 159 Å². The summed E-state index contributed by atoms with van der Waals surface area (Å²) in [5, 5.41) is 2.65. The second-order valence-corrected chi connectivity index (χ2v) is 5.81. The number of rotatable bonds is 7. The fourth-order valence-electron chi connectivity index (χ4n) is 2.67. The van der Waals surface area contributed by atoms with Gasteiger partial charge in [-0.05, 0) is 42.0 Å². The Morgan fingerprint density at radius 3 is 2.54 bits per heavy atom. The molecule has 0 aliphatic heterocycles. The van der Waals surface area contributed by atoms with Crippen LogP contribution in [0.25, 0.3) is 0 Å². The lowest BCUT2D eigenvalue weighted by molar-refractivity contribution is -0.121. The molecule has 0 saturated carbocycles. The molecule has 5 nitrogen and oxygen atoms in total. The minimum atomic E-state index is -1.19. The van der Waals surface area contributed by atoms with Crippen LogP contribution in [-0.2, 0) is 11.2 Å². The monoisotopic (exact) mass is 387 g/mol. The molecule has 2 aromatic heterocycles. The number of aromatic nitrogens is 2. The number of hydrogen-bond acceptors (Lipinski definition) is 4. The predicted octanol–water partition coefficient (Wildman–Crippen LogP) is 3.51. The van der Waals surface area contributed by atoms with Crippen molar-refractivity contribution in [3.05, 3.63) is 89.5 Å². The van der Waals surface area contributed by atoms with Crippen molar-refractivity contribution in [2.24, 2.45) is 0 Å². The van der Waals surface area contributed by atoms with E-state index in [1.165, 1.54) is 30.5 Å². The first-order chi connectivity index (χ1) is 13.6. The number of hydrogen-bond donors (Lipinski definition) is 1. The van der Waals surface area contributed by atoms with Crippen molar-refractivity contribution in [3.8, 4) is 5.75 Å². The number of ether oxygens (including phenoxy) is 1.